The second-order valence-electron chi connectivity index (χ2n) is 3.37. The predicted octanol–water partition coefficient (Wildman–Crippen LogP) is 0.286. The minimum atomic E-state index is -2.96. The van der Waals surface area contributed by atoms with Crippen molar-refractivity contribution >= 4 is 21.6 Å². The van der Waals surface area contributed by atoms with Crippen LogP contribution in [0.1, 0.15) is 13.8 Å². The van der Waals surface area contributed by atoms with Gasteiger partial charge in [-0.1, -0.05) is 13.8 Å². The van der Waals surface area contributed by atoms with Crippen LogP contribution in [-0.2, 0) is 9.84 Å². The molecule has 0 bridgehead atoms. The lowest BCUT2D eigenvalue weighted by Crippen LogP contribution is -2.21. The Morgan fingerprint density at radius 1 is 1.42 bits per heavy atom. The van der Waals surface area contributed by atoms with E-state index in [-0.39, 0.29) is 16.8 Å². The highest BCUT2D eigenvalue weighted by atomic mass is 32.2. The molecule has 1 heterocycles. The maximum Gasteiger partial charge on any atom is 0.154 e. The lowest BCUT2D eigenvalue weighted by Gasteiger charge is -2.14. The summed E-state index contributed by atoms with van der Waals surface area (Å²) in [6, 6.07) is 0. The van der Waals surface area contributed by atoms with E-state index in [1.807, 2.05) is 13.8 Å². The molecule has 0 amide bonds. The van der Waals surface area contributed by atoms with Gasteiger partial charge in [-0.3, -0.25) is 0 Å². The Morgan fingerprint density at radius 3 is 2.33 bits per heavy atom. The van der Waals surface area contributed by atoms with Gasteiger partial charge in [0.25, 0.3) is 0 Å². The van der Waals surface area contributed by atoms with Gasteiger partial charge in [0.15, 0.2) is 9.84 Å². The van der Waals surface area contributed by atoms with E-state index in [1.54, 1.807) is 11.8 Å². The van der Waals surface area contributed by atoms with Gasteiger partial charge in [-0.25, -0.2) is 8.42 Å². The fraction of sp³-hybridized carbons (Fsp3) is 1.00. The van der Waals surface area contributed by atoms with E-state index in [4.69, 9.17) is 0 Å². The second kappa shape index (κ2) is 3.55. The van der Waals surface area contributed by atoms with E-state index in [2.05, 4.69) is 0 Å². The zero-order valence-corrected chi connectivity index (χ0v) is 8.86. The summed E-state index contributed by atoms with van der Waals surface area (Å²) in [5, 5.41) is 9.63. The van der Waals surface area contributed by atoms with Crippen LogP contribution >= 0.6 is 11.8 Å². The van der Waals surface area contributed by atoms with E-state index in [1.165, 1.54) is 0 Å². The van der Waals surface area contributed by atoms with Gasteiger partial charge in [-0.15, -0.1) is 0 Å². The molecule has 1 aliphatic heterocycles. The van der Waals surface area contributed by atoms with Crippen LogP contribution in [0.4, 0.5) is 0 Å². The Balaban J connectivity index is 2.58. The van der Waals surface area contributed by atoms with Gasteiger partial charge < -0.3 is 5.11 Å². The summed E-state index contributed by atoms with van der Waals surface area (Å²) in [5.74, 6) is 0.0778. The van der Waals surface area contributed by atoms with Gasteiger partial charge in [0.05, 0.1) is 17.6 Å². The fourth-order valence-electron chi connectivity index (χ4n) is 1.28. The molecule has 12 heavy (non-hydrogen) atoms. The Labute approximate surface area is 77.5 Å². The van der Waals surface area contributed by atoms with Gasteiger partial charge in [0.2, 0.25) is 0 Å². The molecule has 2 atom stereocenters. The lowest BCUT2D eigenvalue weighted by molar-refractivity contribution is 0.207. The Bertz CT molecular complexity index is 245. The molecule has 0 aromatic carbocycles. The van der Waals surface area contributed by atoms with Crippen LogP contribution < -0.4 is 0 Å². The number of aliphatic hydroxyl groups excluding tert-OH is 1. The zero-order valence-electron chi connectivity index (χ0n) is 7.23. The minimum Gasteiger partial charge on any atom is -0.391 e. The van der Waals surface area contributed by atoms with Crippen LogP contribution in [0, 0.1) is 0 Å². The van der Waals surface area contributed by atoms with Crippen molar-refractivity contribution in [3.05, 3.63) is 0 Å². The number of hydrogen-bond donors (Lipinski definition) is 1. The normalized spacial score (nSPS) is 34.3. The molecule has 0 radical (unpaired) electrons. The molecule has 1 N–H and O–H groups in total. The quantitative estimate of drug-likeness (QED) is 0.711. The first-order valence-electron chi connectivity index (χ1n) is 3.94. The molecule has 0 aromatic rings. The molecule has 1 fully saturated rings. The highest BCUT2D eigenvalue weighted by molar-refractivity contribution is 8.02. The Kier molecular flexibility index (Phi) is 3.06. The third-order valence-electron chi connectivity index (χ3n) is 1.72. The zero-order chi connectivity index (χ0) is 9.35. The van der Waals surface area contributed by atoms with Gasteiger partial charge in [-0.05, 0) is 5.25 Å². The maximum absolute atomic E-state index is 11.1. The highest BCUT2D eigenvalue weighted by Gasteiger charge is 2.36. The number of hydrogen-bond acceptors (Lipinski definition) is 4. The molecule has 0 unspecified atom stereocenters. The van der Waals surface area contributed by atoms with Gasteiger partial charge in [0, 0.05) is 5.25 Å². The largest absolute Gasteiger partial charge is 0.391 e. The van der Waals surface area contributed by atoms with Crippen molar-refractivity contribution in [3.63, 3.8) is 0 Å². The number of aliphatic hydroxyl groups is 1. The molecule has 0 saturated carbocycles. The van der Waals surface area contributed by atoms with Gasteiger partial charge in [0.1, 0.15) is 0 Å². The standard InChI is InChI=1S/C7H14O3S2/c1-5(2)11-7-4-12(9,10)3-6(7)8/h5-8H,3-4H2,1-2H3/t6-,7-/m1/s1. The Hall–Kier alpha value is 0.260. The minimum absolute atomic E-state index is 0.0581. The van der Waals surface area contributed by atoms with Crippen LogP contribution in [0.25, 0.3) is 0 Å². The van der Waals surface area contributed by atoms with E-state index in [9.17, 15) is 13.5 Å². The van der Waals surface area contributed by atoms with Crippen LogP contribution in [0.3, 0.4) is 0 Å². The summed E-state index contributed by atoms with van der Waals surface area (Å²) in [6.07, 6.45) is -0.664. The number of sulfone groups is 1. The van der Waals surface area contributed by atoms with Gasteiger partial charge >= 0.3 is 0 Å². The fourth-order valence-corrected chi connectivity index (χ4v) is 4.92. The van der Waals surface area contributed by atoms with E-state index >= 15 is 0 Å². The summed E-state index contributed by atoms with van der Waals surface area (Å²) in [4.78, 5) is 0. The molecule has 1 rings (SSSR count). The van der Waals surface area contributed by atoms with Crippen LogP contribution in [0.2, 0.25) is 0 Å². The molecule has 1 aliphatic rings. The van der Waals surface area contributed by atoms with E-state index < -0.39 is 15.9 Å². The molecule has 0 spiro atoms. The summed E-state index contributed by atoms with van der Waals surface area (Å²) < 4.78 is 22.1. The molecular weight excluding hydrogens is 196 g/mol. The number of rotatable bonds is 2. The third kappa shape index (κ3) is 2.64. The summed E-state index contributed by atoms with van der Waals surface area (Å²) in [5.41, 5.74) is 0. The monoisotopic (exact) mass is 210 g/mol. The molecule has 72 valence electrons. The molecule has 5 heteroatoms. The predicted molar refractivity (Wildman–Crippen MR) is 51.2 cm³/mol. The van der Waals surface area contributed by atoms with Crippen molar-refractivity contribution in [2.45, 2.75) is 30.5 Å². The molecule has 0 aromatic heterocycles. The van der Waals surface area contributed by atoms with Crippen molar-refractivity contribution < 1.29 is 13.5 Å². The van der Waals surface area contributed by atoms with E-state index in [0.717, 1.165) is 0 Å². The smallest absolute Gasteiger partial charge is 0.154 e. The molecule has 0 aliphatic carbocycles. The first kappa shape index (κ1) is 10.3. The Morgan fingerprint density at radius 2 is 2.00 bits per heavy atom. The molecular formula is C7H14O3S2. The third-order valence-corrected chi connectivity index (χ3v) is 5.02. The molecule has 3 nitrogen and oxygen atoms in total. The summed E-state index contributed by atoms with van der Waals surface area (Å²) >= 11 is 1.54. The SMILES string of the molecule is CC(C)S[C@@H]1CS(=O)(=O)C[C@H]1O. The van der Waals surface area contributed by atoms with Crippen molar-refractivity contribution in [1.82, 2.24) is 0 Å². The summed E-state index contributed by atoms with van der Waals surface area (Å²) in [7, 11) is -2.96. The van der Waals surface area contributed by atoms with Crippen molar-refractivity contribution in [3.8, 4) is 0 Å². The number of thioether (sulfide) groups is 1. The lowest BCUT2D eigenvalue weighted by atomic mass is 10.3. The first-order chi connectivity index (χ1) is 5.41. The average molecular weight is 210 g/mol. The molecule has 1 saturated heterocycles. The summed E-state index contributed by atoms with van der Waals surface area (Å²) in [6.45, 7) is 4.00. The van der Waals surface area contributed by atoms with Crippen LogP contribution in [0.15, 0.2) is 0 Å². The van der Waals surface area contributed by atoms with Crippen molar-refractivity contribution in [2.24, 2.45) is 0 Å². The first-order valence-corrected chi connectivity index (χ1v) is 6.71. The van der Waals surface area contributed by atoms with Crippen LogP contribution in [-0.4, -0.2) is 41.6 Å². The van der Waals surface area contributed by atoms with Crippen LogP contribution in [0.5, 0.6) is 0 Å². The maximum atomic E-state index is 11.1. The second-order valence-corrected chi connectivity index (χ2v) is 7.34. The highest BCUT2D eigenvalue weighted by Crippen LogP contribution is 2.27. The van der Waals surface area contributed by atoms with Crippen molar-refractivity contribution in [1.29, 1.82) is 0 Å². The van der Waals surface area contributed by atoms with Gasteiger partial charge in [-0.2, -0.15) is 11.8 Å². The van der Waals surface area contributed by atoms with E-state index in [0.29, 0.717) is 5.25 Å². The van der Waals surface area contributed by atoms with Crippen molar-refractivity contribution in [2.75, 3.05) is 11.5 Å². The average Bonchev–Trinajstić information content (AvgIpc) is 2.03. The topological polar surface area (TPSA) is 54.4 Å².